The molecule has 0 bridgehead atoms. The number of aliphatic hydroxyl groups is 1. The number of halogens is 1. The summed E-state index contributed by atoms with van der Waals surface area (Å²) < 4.78 is 11.8. The van der Waals surface area contributed by atoms with E-state index in [1.54, 1.807) is 25.3 Å². The fraction of sp³-hybridized carbons (Fsp3) is 0.394. The van der Waals surface area contributed by atoms with E-state index in [9.17, 15) is 20.4 Å². The van der Waals surface area contributed by atoms with Crippen molar-refractivity contribution in [2.75, 3.05) is 33.8 Å². The number of phenolic OH excluding ortho intramolecular Hbond substituents is 3. The van der Waals surface area contributed by atoms with Crippen molar-refractivity contribution < 1.29 is 29.9 Å². The smallest absolute Gasteiger partial charge is 0.176 e. The molecule has 3 aromatic carbocycles. The molecule has 4 atom stereocenters. The van der Waals surface area contributed by atoms with Crippen LogP contribution < -0.4 is 14.8 Å². The van der Waals surface area contributed by atoms with E-state index in [0.29, 0.717) is 19.4 Å². The van der Waals surface area contributed by atoms with Crippen molar-refractivity contribution in [3.8, 4) is 28.7 Å². The zero-order valence-electron chi connectivity index (χ0n) is 23.8. The van der Waals surface area contributed by atoms with Gasteiger partial charge in [0.25, 0.3) is 0 Å². The average molecular weight is 593 g/mol. The number of aliphatic hydroxyl groups excluding tert-OH is 1. The Hall–Kier alpha value is -3.43. The minimum Gasteiger partial charge on any atom is -0.508 e. The van der Waals surface area contributed by atoms with Crippen molar-refractivity contribution in [1.29, 1.82) is 0 Å². The van der Waals surface area contributed by atoms with Gasteiger partial charge >= 0.3 is 0 Å². The Balaban J connectivity index is 0.000000150. The van der Waals surface area contributed by atoms with Crippen LogP contribution in [0.4, 0.5) is 0 Å². The summed E-state index contributed by atoms with van der Waals surface area (Å²) in [7, 11) is 3.84. The van der Waals surface area contributed by atoms with Gasteiger partial charge in [-0.25, -0.2) is 0 Å². The van der Waals surface area contributed by atoms with Crippen LogP contribution in [0.5, 0.6) is 28.7 Å². The summed E-state index contributed by atoms with van der Waals surface area (Å²) >= 11 is 6.19. The first-order valence-electron chi connectivity index (χ1n) is 14.4. The summed E-state index contributed by atoms with van der Waals surface area (Å²) in [5.74, 6) is 1.44. The minimum atomic E-state index is -0.412. The van der Waals surface area contributed by atoms with Crippen LogP contribution in [0, 0.1) is 0 Å². The lowest BCUT2D eigenvalue weighted by molar-refractivity contribution is 0.0821. The zero-order valence-corrected chi connectivity index (χ0v) is 24.6. The molecule has 3 heterocycles. The number of ether oxygens (including phenoxy) is 2. The SMILES string of the molecule is COc1ccc2c3c1O[C@H]1C[C@@H](O)C=C[C@@]31CCN(C)C2.Oc1ccc(C2CNCCc3c2cc(O)c(O)c3Cl)cc1. The van der Waals surface area contributed by atoms with E-state index in [1.807, 2.05) is 24.3 Å². The van der Waals surface area contributed by atoms with Crippen molar-refractivity contribution in [2.45, 2.75) is 49.3 Å². The van der Waals surface area contributed by atoms with E-state index in [1.165, 1.54) is 11.1 Å². The molecule has 222 valence electrons. The Morgan fingerprint density at radius 3 is 2.67 bits per heavy atom. The third-order valence-electron chi connectivity index (χ3n) is 9.07. The van der Waals surface area contributed by atoms with E-state index < -0.39 is 6.10 Å². The fourth-order valence-electron chi connectivity index (χ4n) is 6.90. The maximum absolute atomic E-state index is 9.97. The molecule has 1 unspecified atom stereocenters. The lowest BCUT2D eigenvalue weighted by atomic mass is 9.69. The fourth-order valence-corrected chi connectivity index (χ4v) is 7.20. The van der Waals surface area contributed by atoms with E-state index in [-0.39, 0.29) is 39.7 Å². The number of hydrogen-bond donors (Lipinski definition) is 5. The van der Waals surface area contributed by atoms with Crippen LogP contribution in [-0.2, 0) is 18.4 Å². The molecule has 0 radical (unpaired) electrons. The van der Waals surface area contributed by atoms with Crippen LogP contribution >= 0.6 is 11.6 Å². The molecule has 0 fully saturated rings. The summed E-state index contributed by atoms with van der Waals surface area (Å²) in [6, 6.07) is 12.7. The first-order chi connectivity index (χ1) is 20.2. The molecule has 9 heteroatoms. The van der Waals surface area contributed by atoms with Crippen molar-refractivity contribution in [1.82, 2.24) is 10.2 Å². The monoisotopic (exact) mass is 592 g/mol. The molecule has 0 saturated carbocycles. The van der Waals surface area contributed by atoms with Gasteiger partial charge in [0.15, 0.2) is 23.0 Å². The molecule has 3 aromatic rings. The Morgan fingerprint density at radius 2 is 1.90 bits per heavy atom. The molecule has 8 nitrogen and oxygen atoms in total. The maximum Gasteiger partial charge on any atom is 0.176 e. The molecule has 1 spiro atoms. The molecule has 0 aromatic heterocycles. The summed E-state index contributed by atoms with van der Waals surface area (Å²) in [4.78, 5) is 2.35. The average Bonchev–Trinajstić information content (AvgIpc) is 3.07. The van der Waals surface area contributed by atoms with Gasteiger partial charge in [0.05, 0.1) is 23.7 Å². The molecule has 0 amide bonds. The van der Waals surface area contributed by atoms with Gasteiger partial charge in [-0.3, -0.25) is 0 Å². The van der Waals surface area contributed by atoms with Crippen LogP contribution in [-0.4, -0.2) is 71.3 Å². The van der Waals surface area contributed by atoms with Crippen molar-refractivity contribution in [3.63, 3.8) is 0 Å². The highest BCUT2D eigenvalue weighted by atomic mass is 35.5. The van der Waals surface area contributed by atoms with Gasteiger partial charge < -0.3 is 40.1 Å². The number of phenols is 3. The summed E-state index contributed by atoms with van der Waals surface area (Å²) in [6.45, 7) is 3.42. The highest BCUT2D eigenvalue weighted by Gasteiger charge is 2.52. The summed E-state index contributed by atoms with van der Waals surface area (Å²) in [6.07, 6.45) is 6.07. The quantitative estimate of drug-likeness (QED) is 0.217. The summed E-state index contributed by atoms with van der Waals surface area (Å²) in [5.41, 5.74) is 5.27. The number of nitrogens with zero attached hydrogens (tertiary/aromatic N) is 1. The van der Waals surface area contributed by atoms with Crippen LogP contribution in [0.3, 0.4) is 0 Å². The third kappa shape index (κ3) is 4.96. The van der Waals surface area contributed by atoms with Crippen molar-refractivity contribution in [2.24, 2.45) is 0 Å². The molecule has 42 heavy (non-hydrogen) atoms. The predicted molar refractivity (Wildman–Crippen MR) is 161 cm³/mol. The van der Waals surface area contributed by atoms with E-state index in [4.69, 9.17) is 21.1 Å². The number of nitrogens with one attached hydrogen (secondary N) is 1. The first kappa shape index (κ1) is 28.7. The van der Waals surface area contributed by atoms with Crippen molar-refractivity contribution >= 4 is 11.6 Å². The van der Waals surface area contributed by atoms with Gasteiger partial charge in [-0.15, -0.1) is 0 Å². The molecular weight excluding hydrogens is 556 g/mol. The van der Waals surface area contributed by atoms with Gasteiger partial charge in [-0.2, -0.15) is 0 Å². The Kier molecular flexibility index (Phi) is 7.74. The topological polar surface area (TPSA) is 115 Å². The van der Waals surface area contributed by atoms with Gasteiger partial charge in [0, 0.05) is 31.0 Å². The molecule has 7 rings (SSSR count). The van der Waals surface area contributed by atoms with Crippen LogP contribution in [0.2, 0.25) is 5.02 Å². The molecule has 0 saturated heterocycles. The maximum atomic E-state index is 9.97. The lowest BCUT2D eigenvalue weighted by Gasteiger charge is -2.35. The van der Waals surface area contributed by atoms with Gasteiger partial charge in [-0.1, -0.05) is 42.0 Å². The number of benzene rings is 3. The van der Waals surface area contributed by atoms with Crippen LogP contribution in [0.15, 0.2) is 54.6 Å². The molecule has 1 aliphatic carbocycles. The third-order valence-corrected chi connectivity index (χ3v) is 9.48. The van der Waals surface area contributed by atoms with Crippen LogP contribution in [0.25, 0.3) is 0 Å². The first-order valence-corrected chi connectivity index (χ1v) is 14.8. The highest BCUT2D eigenvalue weighted by Crippen LogP contribution is 2.55. The molecule has 4 aliphatic rings. The largest absolute Gasteiger partial charge is 0.508 e. The molecule has 3 aliphatic heterocycles. The van der Waals surface area contributed by atoms with E-state index in [2.05, 4.69) is 29.4 Å². The van der Waals surface area contributed by atoms with Gasteiger partial charge in [-0.05, 0) is 79.5 Å². The Bertz CT molecular complexity index is 1510. The number of methoxy groups -OCH3 is 1. The lowest BCUT2D eigenvalue weighted by Crippen LogP contribution is -2.42. The number of fused-ring (bicyclic) bond motifs is 1. The predicted octanol–water partition coefficient (Wildman–Crippen LogP) is 4.58. The number of hydrogen-bond acceptors (Lipinski definition) is 8. The molecular formula is C33H37ClN2O6. The van der Waals surface area contributed by atoms with Gasteiger partial charge in [0.2, 0.25) is 0 Å². The van der Waals surface area contributed by atoms with Gasteiger partial charge in [0.1, 0.15) is 11.9 Å². The highest BCUT2D eigenvalue weighted by molar-refractivity contribution is 6.33. The number of rotatable bonds is 2. The van der Waals surface area contributed by atoms with E-state index >= 15 is 0 Å². The minimum absolute atomic E-state index is 0.00657. The zero-order chi connectivity index (χ0) is 29.6. The standard InChI is InChI=1S/C17H21NO3.C16H16ClNO3/c1-18-8-7-17-6-5-12(19)9-14(17)21-16-13(20-2)4-3-11(10-18)15(16)17;17-15-11-5-6-18-8-13(9-1-3-10(19)4-2-9)12(11)7-14(20)16(15)21/h3-6,12,14,19H,7-10H2,1-2H3;1-4,7,13,18-21H,5-6,8H2/t12-,14-,17-;/m0./s1. The van der Waals surface area contributed by atoms with E-state index in [0.717, 1.165) is 54.2 Å². The number of aromatic hydroxyl groups is 3. The second kappa shape index (κ2) is 11.3. The van der Waals surface area contributed by atoms with Crippen LogP contribution in [0.1, 0.15) is 46.6 Å². The second-order valence-electron chi connectivity index (χ2n) is 11.7. The summed E-state index contributed by atoms with van der Waals surface area (Å²) in [5, 5.41) is 42.6. The second-order valence-corrected chi connectivity index (χ2v) is 12.0. The van der Waals surface area contributed by atoms with Crippen molar-refractivity contribution in [3.05, 3.63) is 87.5 Å². The molecule has 5 N–H and O–H groups in total. The Morgan fingerprint density at radius 1 is 1.12 bits per heavy atom. The Labute approximate surface area is 250 Å². The normalized spacial score (nSPS) is 26.0.